The number of Topliss-reactive ketones (excluding diaryl/α,β-unsaturated/α-hetero) is 3. The molecule has 67 heavy (non-hydrogen) atoms. The Labute approximate surface area is 392 Å². The Kier molecular flexibility index (Phi) is 18.0. The van der Waals surface area contributed by atoms with Crippen LogP contribution in [0.4, 0.5) is 0 Å². The lowest BCUT2D eigenvalue weighted by atomic mass is 9.86. The Balaban J connectivity index is 1.58. The maximum absolute atomic E-state index is 14.9. The molecule has 2 heterocycles. The van der Waals surface area contributed by atoms with E-state index in [0.29, 0.717) is 51.7 Å². The minimum atomic E-state index is -1.29. The van der Waals surface area contributed by atoms with Gasteiger partial charge in [-0.25, -0.2) is 9.97 Å². The summed E-state index contributed by atoms with van der Waals surface area (Å²) in [4.78, 5) is 92.9. The first-order valence-electron chi connectivity index (χ1n) is 22.6. The average Bonchev–Trinajstić information content (AvgIpc) is 3.30. The number of aromatic nitrogens is 2. The first-order valence-corrected chi connectivity index (χ1v) is 22.6. The summed E-state index contributed by atoms with van der Waals surface area (Å²) in [7, 11) is 1.47. The van der Waals surface area contributed by atoms with Crippen LogP contribution in [0, 0.1) is 30.1 Å². The van der Waals surface area contributed by atoms with E-state index in [1.165, 1.54) is 18.1 Å². The van der Waals surface area contributed by atoms with Crippen LogP contribution >= 0.6 is 0 Å². The molecule has 3 aromatic carbocycles. The fourth-order valence-corrected chi connectivity index (χ4v) is 8.09. The number of fused-ring (bicyclic) bond motifs is 5. The van der Waals surface area contributed by atoms with E-state index in [9.17, 15) is 34.0 Å². The van der Waals surface area contributed by atoms with Gasteiger partial charge in [-0.1, -0.05) is 64.1 Å². The molecule has 4 aromatic rings. The van der Waals surface area contributed by atoms with E-state index in [1.54, 1.807) is 50.2 Å². The first kappa shape index (κ1) is 51.2. The second-order valence-electron chi connectivity index (χ2n) is 17.9. The summed E-state index contributed by atoms with van der Waals surface area (Å²) < 4.78 is 12.2. The first-order chi connectivity index (χ1) is 32.0. The maximum Gasteiger partial charge on any atom is 0.226 e. The highest BCUT2D eigenvalue weighted by Gasteiger charge is 2.36. The molecule has 0 spiro atoms. The Morgan fingerprint density at radius 2 is 1.64 bits per heavy atom. The van der Waals surface area contributed by atoms with Gasteiger partial charge < -0.3 is 36.5 Å². The third-order valence-corrected chi connectivity index (χ3v) is 11.8. The van der Waals surface area contributed by atoms with Gasteiger partial charge in [0.2, 0.25) is 18.2 Å². The van der Waals surface area contributed by atoms with Crippen molar-refractivity contribution in [1.82, 2.24) is 25.5 Å². The summed E-state index contributed by atoms with van der Waals surface area (Å²) in [5.74, 6) is -3.08. The zero-order valence-electron chi connectivity index (χ0n) is 39.2. The van der Waals surface area contributed by atoms with E-state index < -0.39 is 47.3 Å². The second-order valence-corrected chi connectivity index (χ2v) is 17.9. The third-order valence-electron chi connectivity index (χ3n) is 11.8. The summed E-state index contributed by atoms with van der Waals surface area (Å²) in [6.45, 7) is 10.4. The highest BCUT2D eigenvalue weighted by molar-refractivity contribution is 6.00. The highest BCUT2D eigenvalue weighted by Crippen LogP contribution is 2.41. The van der Waals surface area contributed by atoms with Crippen molar-refractivity contribution in [1.29, 1.82) is 5.26 Å². The molecule has 354 valence electrons. The number of hydrogen-bond donors (Lipinski definition) is 4. The molecule has 0 fully saturated rings. The summed E-state index contributed by atoms with van der Waals surface area (Å²) in [5.41, 5.74) is 16.3. The lowest BCUT2D eigenvalue weighted by molar-refractivity contribution is -0.142. The number of amides is 3. The van der Waals surface area contributed by atoms with Crippen molar-refractivity contribution < 1.29 is 38.2 Å². The lowest BCUT2D eigenvalue weighted by Gasteiger charge is -2.32. The number of ether oxygens (including phenoxy) is 2. The van der Waals surface area contributed by atoms with Gasteiger partial charge in [0, 0.05) is 87.1 Å². The number of rotatable bonds is 19. The molecule has 4 atom stereocenters. The Morgan fingerprint density at radius 1 is 0.985 bits per heavy atom. The molecular formula is C51H62N8O8. The summed E-state index contributed by atoms with van der Waals surface area (Å²) in [6, 6.07) is 18.0. The molecule has 1 aliphatic heterocycles. The molecular weight excluding hydrogens is 853 g/mol. The van der Waals surface area contributed by atoms with Crippen molar-refractivity contribution in [2.75, 3.05) is 39.9 Å². The number of carbonyl (C=O) groups is 6. The summed E-state index contributed by atoms with van der Waals surface area (Å²) in [5, 5.41) is 14.7. The van der Waals surface area contributed by atoms with Crippen LogP contribution in [0.15, 0.2) is 66.9 Å². The number of nitrogens with two attached hydrogens (primary N) is 2. The molecule has 16 nitrogen and oxygen atoms in total. The molecule has 0 aliphatic carbocycles. The zero-order chi connectivity index (χ0) is 48.8. The van der Waals surface area contributed by atoms with Gasteiger partial charge in [-0.05, 0) is 66.1 Å². The number of ketones is 3. The van der Waals surface area contributed by atoms with Crippen molar-refractivity contribution in [3.8, 4) is 40.1 Å². The molecule has 6 N–H and O–H groups in total. The molecule has 0 saturated heterocycles. The van der Waals surface area contributed by atoms with Crippen molar-refractivity contribution >= 4 is 35.6 Å². The van der Waals surface area contributed by atoms with Crippen molar-refractivity contribution in [3.63, 3.8) is 0 Å². The van der Waals surface area contributed by atoms with Gasteiger partial charge in [-0.3, -0.25) is 28.8 Å². The van der Waals surface area contributed by atoms with Gasteiger partial charge in [0.15, 0.2) is 23.2 Å². The van der Waals surface area contributed by atoms with Gasteiger partial charge in [0.25, 0.3) is 0 Å². The Morgan fingerprint density at radius 3 is 2.25 bits per heavy atom. The fourth-order valence-electron chi connectivity index (χ4n) is 8.09. The quantitative estimate of drug-likeness (QED) is 0.0542. The molecule has 0 radical (unpaired) electrons. The summed E-state index contributed by atoms with van der Waals surface area (Å²) >= 11 is 0. The van der Waals surface area contributed by atoms with Gasteiger partial charge in [-0.15, -0.1) is 0 Å². The lowest BCUT2D eigenvalue weighted by Crippen LogP contribution is -2.46. The predicted molar refractivity (Wildman–Crippen MR) is 253 cm³/mol. The van der Waals surface area contributed by atoms with Gasteiger partial charge in [0.05, 0.1) is 23.4 Å². The number of nitrogens with zero attached hydrogens (tertiary/aromatic N) is 4. The number of benzene rings is 3. The third kappa shape index (κ3) is 13.2. The molecule has 3 amide bonds. The SMILES string of the molecule is Cc1nc(-c2ccc(C(C)(C)C)cc2)ncc1C(=O)C[C@@H](CCNC=O)C(=O)N(C)[C@@H]1C(=O)C[C@@H](C)C(=O)N[C@H](C(=O)CCC#N)Cc2ccc(OCCN)c(c2)-c2cc1ccc2OCCN. The fraction of sp³-hybridized carbons (Fsp3) is 0.431. The van der Waals surface area contributed by atoms with Crippen LogP contribution in [0.25, 0.3) is 22.5 Å². The van der Waals surface area contributed by atoms with Crippen LogP contribution < -0.4 is 31.6 Å². The van der Waals surface area contributed by atoms with E-state index >= 15 is 0 Å². The summed E-state index contributed by atoms with van der Waals surface area (Å²) in [6.07, 6.45) is 1.34. The monoisotopic (exact) mass is 914 g/mol. The number of likely N-dealkylation sites (N-methyl/N-ethyl adjacent to an activating group) is 1. The molecule has 16 heteroatoms. The van der Waals surface area contributed by atoms with E-state index in [1.807, 2.05) is 30.3 Å². The van der Waals surface area contributed by atoms with Gasteiger partial charge in [-0.2, -0.15) is 5.26 Å². The van der Waals surface area contributed by atoms with Crippen LogP contribution in [-0.2, 0) is 35.8 Å². The number of nitriles is 1. The van der Waals surface area contributed by atoms with Gasteiger partial charge >= 0.3 is 0 Å². The smallest absolute Gasteiger partial charge is 0.226 e. The highest BCUT2D eigenvalue weighted by atomic mass is 16.5. The number of nitrogens with one attached hydrogen (secondary N) is 2. The Hall–Kier alpha value is -6.83. The maximum atomic E-state index is 14.9. The van der Waals surface area contributed by atoms with E-state index in [4.69, 9.17) is 20.9 Å². The van der Waals surface area contributed by atoms with E-state index in [2.05, 4.69) is 41.4 Å². The molecule has 5 rings (SSSR count). The second kappa shape index (κ2) is 23.6. The van der Waals surface area contributed by atoms with E-state index in [-0.39, 0.29) is 88.1 Å². The molecule has 1 aromatic heterocycles. The molecule has 1 aliphatic rings. The zero-order valence-corrected chi connectivity index (χ0v) is 39.2. The largest absolute Gasteiger partial charge is 0.492 e. The average molecular weight is 915 g/mol. The van der Waals surface area contributed by atoms with Crippen molar-refractivity contribution in [2.45, 2.75) is 90.6 Å². The van der Waals surface area contributed by atoms with Crippen LogP contribution in [0.1, 0.15) is 98.6 Å². The number of aryl methyl sites for hydroxylation is 1. The number of carbonyl (C=O) groups excluding carboxylic acids is 6. The standard InChI is InChI=1S/C51H62N8O8/c1-31-24-44(63)47(59(6)50(65)36(17-21-55-30-60)28-43(62)40-29-56-48(57-32(40)2)34-10-13-37(14-11-34)51(3,4)5)35-12-16-46(67-23-20-54)39(27-35)38-25-33(9-15-45(38)66-22-19-53)26-41(58-49(31)64)42(61)8-7-18-52/h9-16,25,27,29-31,36,41,47H,7-8,17,19-24,26,28,53-54H2,1-6H3,(H,55,60)(H,58,64)/t31-,36-,41+,47+/m1/s1. The van der Waals surface area contributed by atoms with Crippen molar-refractivity contribution in [3.05, 3.63) is 94.8 Å². The predicted octanol–water partition coefficient (Wildman–Crippen LogP) is 5.13. The molecule has 0 unspecified atom stereocenters. The molecule has 4 bridgehead atoms. The number of hydrogen-bond acceptors (Lipinski definition) is 13. The normalized spacial score (nSPS) is 16.7. The van der Waals surface area contributed by atoms with Crippen LogP contribution in [-0.4, -0.2) is 96.4 Å². The van der Waals surface area contributed by atoms with Crippen LogP contribution in [0.5, 0.6) is 11.5 Å². The van der Waals surface area contributed by atoms with Crippen LogP contribution in [0.3, 0.4) is 0 Å². The molecule has 0 saturated carbocycles. The van der Waals surface area contributed by atoms with Crippen molar-refractivity contribution in [2.24, 2.45) is 23.3 Å². The minimum Gasteiger partial charge on any atom is -0.492 e. The Bertz CT molecular complexity index is 2480. The van der Waals surface area contributed by atoms with Gasteiger partial charge in [0.1, 0.15) is 30.8 Å². The minimum absolute atomic E-state index is 0.0425. The van der Waals surface area contributed by atoms with Crippen LogP contribution in [0.2, 0.25) is 0 Å². The topological polar surface area (TPSA) is 250 Å². The van der Waals surface area contributed by atoms with E-state index in [0.717, 1.165) is 11.1 Å².